The molecule has 16 heteroatoms. The van der Waals surface area contributed by atoms with Crippen molar-refractivity contribution in [1.29, 1.82) is 0 Å². The standard InChI is InChI=1S/C36H51N3O12S/c1-23(2)19-39(52(43,44)26-11-12-30-31(18-26)49-22-48-30)20-29(40)28(38-35(42)50-32-21-47-33-27(32)13-16-46-33)17-24-7-9-25(10-8-24)45-15-6-14-37-34(41)51-36(3,4)5/h7-12,18,23,27-29,32-33,40H,6,13-17,19-22H2,1-5H3,(H,37,41)(H,38,42)/t27?,28-,29+,32?,33?/m0/s1. The van der Waals surface area contributed by atoms with Crippen molar-refractivity contribution in [3.05, 3.63) is 48.0 Å². The zero-order valence-corrected chi connectivity index (χ0v) is 31.2. The lowest BCUT2D eigenvalue weighted by Gasteiger charge is -2.31. The Morgan fingerprint density at radius 1 is 1.02 bits per heavy atom. The fraction of sp³-hybridized carbons (Fsp3) is 0.611. The zero-order valence-electron chi connectivity index (χ0n) is 30.4. The van der Waals surface area contributed by atoms with Crippen LogP contribution in [0.15, 0.2) is 47.4 Å². The first-order valence-corrected chi connectivity index (χ1v) is 19.1. The molecule has 15 nitrogen and oxygen atoms in total. The molecule has 0 spiro atoms. The monoisotopic (exact) mass is 749 g/mol. The highest BCUT2D eigenvalue weighted by molar-refractivity contribution is 7.89. The maximum absolute atomic E-state index is 13.9. The number of ether oxygens (including phenoxy) is 7. The van der Waals surface area contributed by atoms with Crippen LogP contribution in [0, 0.1) is 11.8 Å². The Morgan fingerprint density at radius 2 is 1.77 bits per heavy atom. The Kier molecular flexibility index (Phi) is 13.1. The molecule has 0 bridgehead atoms. The van der Waals surface area contributed by atoms with E-state index in [1.165, 1.54) is 16.4 Å². The number of carbonyl (C=O) groups excluding carboxylic acids is 2. The van der Waals surface area contributed by atoms with Gasteiger partial charge in [-0.15, -0.1) is 0 Å². The van der Waals surface area contributed by atoms with Gasteiger partial charge in [0.15, 0.2) is 17.8 Å². The molecular formula is C36H51N3O12S. The smallest absolute Gasteiger partial charge is 0.407 e. The lowest BCUT2D eigenvalue weighted by molar-refractivity contribution is -0.0907. The highest BCUT2D eigenvalue weighted by atomic mass is 32.2. The molecule has 0 aromatic heterocycles. The predicted molar refractivity (Wildman–Crippen MR) is 188 cm³/mol. The molecule has 3 aliphatic rings. The lowest BCUT2D eigenvalue weighted by atomic mass is 10.0. The number of fused-ring (bicyclic) bond motifs is 2. The average molecular weight is 750 g/mol. The van der Waals surface area contributed by atoms with Gasteiger partial charge in [-0.3, -0.25) is 0 Å². The first-order chi connectivity index (χ1) is 24.7. The van der Waals surface area contributed by atoms with Crippen LogP contribution >= 0.6 is 0 Å². The molecule has 288 valence electrons. The van der Waals surface area contributed by atoms with Gasteiger partial charge in [-0.05, 0) is 75.8 Å². The molecule has 3 N–H and O–H groups in total. The van der Waals surface area contributed by atoms with E-state index in [0.29, 0.717) is 49.8 Å². The van der Waals surface area contributed by atoms with Crippen LogP contribution in [0.4, 0.5) is 9.59 Å². The molecule has 0 radical (unpaired) electrons. The summed E-state index contributed by atoms with van der Waals surface area (Å²) in [6.45, 7) is 10.4. The van der Waals surface area contributed by atoms with Crippen LogP contribution in [-0.2, 0) is 35.4 Å². The van der Waals surface area contributed by atoms with Crippen LogP contribution < -0.4 is 24.8 Å². The van der Waals surface area contributed by atoms with Crippen molar-refractivity contribution in [3.63, 3.8) is 0 Å². The summed E-state index contributed by atoms with van der Waals surface area (Å²) in [6.07, 6.45) is -2.07. The largest absolute Gasteiger partial charge is 0.494 e. The van der Waals surface area contributed by atoms with E-state index >= 15 is 0 Å². The average Bonchev–Trinajstić information content (AvgIpc) is 3.82. The number of aliphatic hydroxyl groups excluding tert-OH is 1. The van der Waals surface area contributed by atoms with Gasteiger partial charge >= 0.3 is 12.2 Å². The second-order valence-corrected chi connectivity index (χ2v) is 16.4. The molecule has 3 unspecified atom stereocenters. The van der Waals surface area contributed by atoms with Crippen molar-refractivity contribution < 1.29 is 56.3 Å². The van der Waals surface area contributed by atoms with E-state index in [-0.39, 0.29) is 49.6 Å². The summed E-state index contributed by atoms with van der Waals surface area (Å²) < 4.78 is 67.8. The molecule has 52 heavy (non-hydrogen) atoms. The molecule has 2 saturated heterocycles. The summed E-state index contributed by atoms with van der Waals surface area (Å²) in [5.74, 6) is 1.22. The number of benzene rings is 2. The van der Waals surface area contributed by atoms with E-state index in [2.05, 4.69) is 10.6 Å². The third-order valence-electron chi connectivity index (χ3n) is 8.59. The van der Waals surface area contributed by atoms with Crippen molar-refractivity contribution in [2.24, 2.45) is 11.8 Å². The molecule has 2 aromatic carbocycles. The van der Waals surface area contributed by atoms with Crippen molar-refractivity contribution >= 4 is 22.2 Å². The van der Waals surface area contributed by atoms with Gasteiger partial charge in [-0.25, -0.2) is 18.0 Å². The zero-order chi connectivity index (χ0) is 37.5. The van der Waals surface area contributed by atoms with Gasteiger partial charge in [0, 0.05) is 25.7 Å². The minimum Gasteiger partial charge on any atom is -0.494 e. The number of carbonyl (C=O) groups is 2. The van der Waals surface area contributed by atoms with Gasteiger partial charge in [-0.1, -0.05) is 26.0 Å². The summed E-state index contributed by atoms with van der Waals surface area (Å²) in [4.78, 5) is 25.1. The maximum Gasteiger partial charge on any atom is 0.407 e. The molecule has 3 aliphatic heterocycles. The number of alkyl carbamates (subject to hydrolysis) is 2. The molecular weight excluding hydrogens is 698 g/mol. The number of nitrogens with one attached hydrogen (secondary N) is 2. The molecule has 0 saturated carbocycles. The van der Waals surface area contributed by atoms with E-state index in [1.54, 1.807) is 39.0 Å². The normalized spacial score (nSPS) is 20.7. The van der Waals surface area contributed by atoms with Gasteiger partial charge in [0.2, 0.25) is 16.8 Å². The SMILES string of the molecule is CC(C)CN(C[C@@H](O)[C@H](Cc1ccc(OCCCNC(=O)OC(C)(C)C)cc1)NC(=O)OC1COC2OCCC12)S(=O)(=O)c1ccc2c(c1)OCO2. The number of sulfonamides is 1. The Bertz CT molecular complexity index is 1620. The van der Waals surface area contributed by atoms with E-state index in [9.17, 15) is 23.1 Å². The maximum atomic E-state index is 13.9. The predicted octanol–water partition coefficient (Wildman–Crippen LogP) is 3.82. The molecule has 5 atom stereocenters. The second-order valence-electron chi connectivity index (χ2n) is 14.5. The third kappa shape index (κ3) is 10.9. The Balaban J connectivity index is 1.25. The summed E-state index contributed by atoms with van der Waals surface area (Å²) in [5, 5.41) is 17.2. The summed E-state index contributed by atoms with van der Waals surface area (Å²) >= 11 is 0. The number of hydrogen-bond donors (Lipinski definition) is 3. The lowest BCUT2D eigenvalue weighted by Crippen LogP contribution is -2.51. The highest BCUT2D eigenvalue weighted by Gasteiger charge is 2.44. The van der Waals surface area contributed by atoms with Crippen molar-refractivity contribution in [1.82, 2.24) is 14.9 Å². The molecule has 2 amide bonds. The summed E-state index contributed by atoms with van der Waals surface area (Å²) in [6, 6.07) is 10.6. The van der Waals surface area contributed by atoms with Crippen LogP contribution in [0.25, 0.3) is 0 Å². The van der Waals surface area contributed by atoms with Crippen molar-refractivity contribution in [3.8, 4) is 17.2 Å². The van der Waals surface area contributed by atoms with Crippen LogP contribution in [0.2, 0.25) is 0 Å². The van der Waals surface area contributed by atoms with Gasteiger partial charge in [0.1, 0.15) is 17.5 Å². The Labute approximate surface area is 305 Å². The van der Waals surface area contributed by atoms with Gasteiger partial charge < -0.3 is 48.9 Å². The first-order valence-electron chi connectivity index (χ1n) is 17.6. The number of nitrogens with zero attached hydrogens (tertiary/aromatic N) is 1. The van der Waals surface area contributed by atoms with E-state index in [4.69, 9.17) is 33.2 Å². The quantitative estimate of drug-likeness (QED) is 0.212. The van der Waals surface area contributed by atoms with Crippen LogP contribution in [0.1, 0.15) is 53.0 Å². The second kappa shape index (κ2) is 17.3. The van der Waals surface area contributed by atoms with E-state index in [1.807, 2.05) is 26.0 Å². The Morgan fingerprint density at radius 3 is 2.50 bits per heavy atom. The van der Waals surface area contributed by atoms with Gasteiger partial charge in [-0.2, -0.15) is 4.31 Å². The number of rotatable bonds is 16. The van der Waals surface area contributed by atoms with Crippen molar-refractivity contribution in [2.45, 2.75) is 88.9 Å². The molecule has 2 aromatic rings. The first kappa shape index (κ1) is 39.4. The number of hydrogen-bond acceptors (Lipinski definition) is 12. The molecule has 3 heterocycles. The summed E-state index contributed by atoms with van der Waals surface area (Å²) in [5.41, 5.74) is 0.178. The fourth-order valence-corrected chi connectivity index (χ4v) is 7.73. The minimum atomic E-state index is -4.09. The minimum absolute atomic E-state index is 0.000649. The molecule has 0 aliphatic carbocycles. The molecule has 2 fully saturated rings. The highest BCUT2D eigenvalue weighted by Crippen LogP contribution is 2.35. The van der Waals surface area contributed by atoms with Crippen LogP contribution in [0.5, 0.6) is 17.2 Å². The van der Waals surface area contributed by atoms with E-state index < -0.39 is 52.4 Å². The fourth-order valence-electron chi connectivity index (χ4n) is 6.10. The number of amides is 2. The van der Waals surface area contributed by atoms with Crippen LogP contribution in [-0.4, -0.2) is 106 Å². The van der Waals surface area contributed by atoms with Gasteiger partial charge in [0.05, 0.1) is 42.8 Å². The number of aliphatic hydroxyl groups is 1. The topological polar surface area (TPSA) is 180 Å². The van der Waals surface area contributed by atoms with Gasteiger partial charge in [0.25, 0.3) is 0 Å². The van der Waals surface area contributed by atoms with E-state index in [0.717, 1.165) is 5.56 Å². The molecule has 5 rings (SSSR count). The third-order valence-corrected chi connectivity index (χ3v) is 10.4. The summed E-state index contributed by atoms with van der Waals surface area (Å²) in [7, 11) is -4.09. The Hall–Kier alpha value is -3.83. The van der Waals surface area contributed by atoms with Crippen LogP contribution in [0.3, 0.4) is 0 Å². The van der Waals surface area contributed by atoms with Crippen molar-refractivity contribution in [2.75, 3.05) is 46.2 Å².